The molecule has 0 unspecified atom stereocenters. The van der Waals surface area contributed by atoms with Gasteiger partial charge in [0.1, 0.15) is 5.82 Å². The number of hydrogen-bond acceptors (Lipinski definition) is 2. The molecule has 1 heterocycles. The first-order chi connectivity index (χ1) is 12.3. The summed E-state index contributed by atoms with van der Waals surface area (Å²) < 4.78 is 56.1. The molecule has 0 aromatic heterocycles. The second-order valence-corrected chi connectivity index (χ2v) is 6.39. The molecule has 0 aliphatic carbocycles. The second kappa shape index (κ2) is 9.21. The Morgan fingerprint density at radius 3 is 2.58 bits per heavy atom. The fourth-order valence-electron chi connectivity index (χ4n) is 3.01. The van der Waals surface area contributed by atoms with E-state index < -0.39 is 12.6 Å². The minimum atomic E-state index is -4.21. The summed E-state index contributed by atoms with van der Waals surface area (Å²) in [5.74, 6) is 0.0200. The van der Waals surface area contributed by atoms with Crippen molar-refractivity contribution in [3.8, 4) is 0 Å². The maximum Gasteiger partial charge on any atom is 0.390 e. The monoisotopic (exact) mass is 375 g/mol. The fourth-order valence-corrected chi connectivity index (χ4v) is 3.01. The molecule has 0 saturated carbocycles. The van der Waals surface area contributed by atoms with Crippen molar-refractivity contribution in [3.05, 3.63) is 35.6 Å². The van der Waals surface area contributed by atoms with E-state index in [2.05, 4.69) is 15.6 Å². The van der Waals surface area contributed by atoms with Crippen molar-refractivity contribution in [2.24, 2.45) is 4.99 Å². The highest BCUT2D eigenvalue weighted by atomic mass is 19.4. The Kier molecular flexibility index (Phi) is 7.25. The first kappa shape index (κ1) is 20.5. The largest absolute Gasteiger partial charge is 0.390 e. The minimum Gasteiger partial charge on any atom is -0.381 e. The molecule has 0 bridgehead atoms. The third-order valence-electron chi connectivity index (χ3n) is 4.47. The zero-order chi connectivity index (χ0) is 19.0. The molecule has 8 heteroatoms. The molecule has 26 heavy (non-hydrogen) atoms. The SMILES string of the molecule is CCNC(=NCC1(c2cccc(F)c2)CCOCC1)NCCC(F)(F)F. The van der Waals surface area contributed by atoms with Crippen molar-refractivity contribution in [3.63, 3.8) is 0 Å². The molecule has 1 aliphatic heterocycles. The summed E-state index contributed by atoms with van der Waals surface area (Å²) in [4.78, 5) is 4.48. The third kappa shape index (κ3) is 6.16. The second-order valence-electron chi connectivity index (χ2n) is 6.39. The third-order valence-corrected chi connectivity index (χ3v) is 4.47. The molecule has 1 fully saturated rings. The van der Waals surface area contributed by atoms with E-state index in [9.17, 15) is 17.6 Å². The van der Waals surface area contributed by atoms with Crippen LogP contribution < -0.4 is 10.6 Å². The average molecular weight is 375 g/mol. The van der Waals surface area contributed by atoms with Crippen LogP contribution in [0.1, 0.15) is 31.7 Å². The van der Waals surface area contributed by atoms with Gasteiger partial charge in [0.05, 0.1) is 13.0 Å². The summed E-state index contributed by atoms with van der Waals surface area (Å²) in [6.45, 7) is 3.58. The lowest BCUT2D eigenvalue weighted by molar-refractivity contribution is -0.132. The Bertz CT molecular complexity index is 598. The normalized spacial score (nSPS) is 17.8. The number of rotatable bonds is 6. The van der Waals surface area contributed by atoms with E-state index >= 15 is 0 Å². The summed E-state index contributed by atoms with van der Waals surface area (Å²) >= 11 is 0. The number of benzene rings is 1. The van der Waals surface area contributed by atoms with Crippen molar-refractivity contribution in [2.45, 2.75) is 37.8 Å². The van der Waals surface area contributed by atoms with Crippen LogP contribution in [0.2, 0.25) is 0 Å². The van der Waals surface area contributed by atoms with Gasteiger partial charge in [0, 0.05) is 31.7 Å². The molecule has 0 radical (unpaired) electrons. The van der Waals surface area contributed by atoms with Crippen molar-refractivity contribution >= 4 is 5.96 Å². The van der Waals surface area contributed by atoms with Gasteiger partial charge in [0.2, 0.25) is 0 Å². The van der Waals surface area contributed by atoms with Crippen LogP contribution >= 0.6 is 0 Å². The Morgan fingerprint density at radius 2 is 1.96 bits per heavy atom. The van der Waals surface area contributed by atoms with Gasteiger partial charge in [0.25, 0.3) is 0 Å². The van der Waals surface area contributed by atoms with E-state index in [0.29, 0.717) is 45.1 Å². The number of nitrogens with one attached hydrogen (secondary N) is 2. The molecular formula is C18H25F4N3O. The van der Waals surface area contributed by atoms with Crippen molar-refractivity contribution in [1.82, 2.24) is 10.6 Å². The molecule has 2 rings (SSSR count). The van der Waals surface area contributed by atoms with Crippen molar-refractivity contribution in [1.29, 1.82) is 0 Å². The van der Waals surface area contributed by atoms with Gasteiger partial charge in [-0.25, -0.2) is 4.39 Å². The zero-order valence-electron chi connectivity index (χ0n) is 14.8. The molecular weight excluding hydrogens is 350 g/mol. The summed E-state index contributed by atoms with van der Waals surface area (Å²) in [5.41, 5.74) is 0.461. The van der Waals surface area contributed by atoms with Gasteiger partial charge in [-0.15, -0.1) is 0 Å². The topological polar surface area (TPSA) is 45.7 Å². The van der Waals surface area contributed by atoms with Crippen LogP contribution in [0.25, 0.3) is 0 Å². The predicted octanol–water partition coefficient (Wildman–Crippen LogP) is 3.38. The lowest BCUT2D eigenvalue weighted by atomic mass is 9.74. The van der Waals surface area contributed by atoms with Gasteiger partial charge in [0.15, 0.2) is 5.96 Å². The average Bonchev–Trinajstić information content (AvgIpc) is 2.59. The van der Waals surface area contributed by atoms with Gasteiger partial charge in [-0.1, -0.05) is 12.1 Å². The van der Waals surface area contributed by atoms with Crippen LogP contribution in [0.15, 0.2) is 29.3 Å². The van der Waals surface area contributed by atoms with Crippen LogP contribution in [-0.2, 0) is 10.2 Å². The smallest absolute Gasteiger partial charge is 0.381 e. The summed E-state index contributed by atoms with van der Waals surface area (Å²) in [7, 11) is 0. The van der Waals surface area contributed by atoms with Crippen LogP contribution in [0, 0.1) is 5.82 Å². The fraction of sp³-hybridized carbons (Fsp3) is 0.611. The van der Waals surface area contributed by atoms with E-state index in [1.165, 1.54) is 12.1 Å². The number of halogens is 4. The quantitative estimate of drug-likeness (QED) is 0.455. The van der Waals surface area contributed by atoms with Gasteiger partial charge < -0.3 is 15.4 Å². The lowest BCUT2D eigenvalue weighted by Gasteiger charge is -2.36. The Balaban J connectivity index is 2.13. The maximum atomic E-state index is 13.7. The molecule has 1 saturated heterocycles. The molecule has 2 N–H and O–H groups in total. The zero-order valence-corrected chi connectivity index (χ0v) is 14.8. The first-order valence-corrected chi connectivity index (χ1v) is 8.77. The number of aliphatic imine (C=N–C) groups is 1. The molecule has 1 aromatic carbocycles. The van der Waals surface area contributed by atoms with E-state index in [0.717, 1.165) is 5.56 Å². The van der Waals surface area contributed by atoms with Crippen molar-refractivity contribution in [2.75, 3.05) is 32.8 Å². The molecule has 0 spiro atoms. The van der Waals surface area contributed by atoms with E-state index in [1.54, 1.807) is 6.07 Å². The molecule has 0 atom stereocenters. The van der Waals surface area contributed by atoms with Gasteiger partial charge >= 0.3 is 6.18 Å². The number of ether oxygens (including phenoxy) is 1. The molecule has 0 amide bonds. The Labute approximate surface area is 151 Å². The molecule has 1 aromatic rings. The summed E-state index contributed by atoms with van der Waals surface area (Å²) in [6.07, 6.45) is -3.78. The maximum absolute atomic E-state index is 13.7. The van der Waals surface area contributed by atoms with Crippen LogP contribution in [0.3, 0.4) is 0 Å². The molecule has 146 valence electrons. The number of nitrogens with zero attached hydrogens (tertiary/aromatic N) is 1. The number of alkyl halides is 3. The van der Waals surface area contributed by atoms with Crippen molar-refractivity contribution < 1.29 is 22.3 Å². The van der Waals surface area contributed by atoms with Crippen LogP contribution in [0.4, 0.5) is 17.6 Å². The Morgan fingerprint density at radius 1 is 1.23 bits per heavy atom. The van der Waals surface area contributed by atoms with Gasteiger partial charge in [-0.3, -0.25) is 4.99 Å². The van der Waals surface area contributed by atoms with Gasteiger partial charge in [-0.2, -0.15) is 13.2 Å². The Hall–Kier alpha value is -1.83. The summed E-state index contributed by atoms with van der Waals surface area (Å²) in [5, 5.41) is 5.67. The molecule has 1 aliphatic rings. The number of hydrogen-bond donors (Lipinski definition) is 2. The first-order valence-electron chi connectivity index (χ1n) is 8.77. The highest BCUT2D eigenvalue weighted by Gasteiger charge is 2.35. The van der Waals surface area contributed by atoms with E-state index in [1.807, 2.05) is 13.0 Å². The highest BCUT2D eigenvalue weighted by Crippen LogP contribution is 2.35. The van der Waals surface area contributed by atoms with Crippen LogP contribution in [0.5, 0.6) is 0 Å². The van der Waals surface area contributed by atoms with E-state index in [4.69, 9.17) is 4.74 Å². The molecule has 4 nitrogen and oxygen atoms in total. The van der Waals surface area contributed by atoms with Crippen LogP contribution in [-0.4, -0.2) is 45.0 Å². The minimum absolute atomic E-state index is 0.245. The highest BCUT2D eigenvalue weighted by molar-refractivity contribution is 5.79. The predicted molar refractivity (Wildman–Crippen MR) is 92.8 cm³/mol. The number of guanidine groups is 1. The lowest BCUT2D eigenvalue weighted by Crippen LogP contribution is -2.42. The standard InChI is InChI=1S/C18H25F4N3O/c1-2-23-16(24-9-6-18(20,21)22)25-13-17(7-10-26-11-8-17)14-4-3-5-15(19)12-14/h3-5,12H,2,6-11,13H2,1H3,(H2,23,24,25). The van der Waals surface area contributed by atoms with E-state index in [-0.39, 0.29) is 17.8 Å². The summed E-state index contributed by atoms with van der Waals surface area (Å²) in [6, 6.07) is 6.43. The van der Waals surface area contributed by atoms with Gasteiger partial charge in [-0.05, 0) is 37.5 Å².